The third-order valence-electron chi connectivity index (χ3n) is 3.29. The number of rotatable bonds is 4. The molecule has 0 aromatic heterocycles. The first-order chi connectivity index (χ1) is 7.09. The summed E-state index contributed by atoms with van der Waals surface area (Å²) in [5, 5.41) is 3.46. The molecule has 2 rings (SSSR count). The Labute approximate surface area is 90.7 Å². The van der Waals surface area contributed by atoms with Crippen LogP contribution < -0.4 is 5.32 Å². The van der Waals surface area contributed by atoms with Crippen LogP contribution in [0.2, 0.25) is 0 Å². The molecule has 1 aliphatic carbocycles. The largest absolute Gasteiger partial charge is 0.310 e. The molecular weight excluding hydrogens is 189 g/mol. The van der Waals surface area contributed by atoms with Gasteiger partial charge in [0.1, 0.15) is 5.82 Å². The van der Waals surface area contributed by atoms with Crippen molar-refractivity contribution < 1.29 is 4.39 Å². The van der Waals surface area contributed by atoms with E-state index in [1.54, 1.807) is 12.1 Å². The maximum Gasteiger partial charge on any atom is 0.123 e. The SMILES string of the molecule is CC(NCC1(C)CC1)c1cccc(F)c1. The average Bonchev–Trinajstić information content (AvgIpc) is 2.94. The van der Waals surface area contributed by atoms with E-state index in [0.29, 0.717) is 5.41 Å². The second-order valence-corrected chi connectivity index (χ2v) is 4.97. The normalized spacial score (nSPS) is 19.9. The molecule has 82 valence electrons. The summed E-state index contributed by atoms with van der Waals surface area (Å²) in [6, 6.07) is 7.06. The summed E-state index contributed by atoms with van der Waals surface area (Å²) in [7, 11) is 0. The van der Waals surface area contributed by atoms with Crippen molar-refractivity contribution in [2.45, 2.75) is 32.7 Å². The van der Waals surface area contributed by atoms with E-state index in [9.17, 15) is 4.39 Å². The molecule has 1 unspecified atom stereocenters. The first kappa shape index (κ1) is 10.6. The van der Waals surface area contributed by atoms with Gasteiger partial charge in [0.15, 0.2) is 0 Å². The molecule has 1 N–H and O–H groups in total. The Balaban J connectivity index is 1.92. The Morgan fingerprint density at radius 3 is 2.80 bits per heavy atom. The molecule has 0 radical (unpaired) electrons. The highest BCUT2D eigenvalue weighted by Crippen LogP contribution is 2.44. The van der Waals surface area contributed by atoms with Crippen molar-refractivity contribution >= 4 is 0 Å². The number of halogens is 1. The lowest BCUT2D eigenvalue weighted by Gasteiger charge is -2.17. The van der Waals surface area contributed by atoms with Gasteiger partial charge >= 0.3 is 0 Å². The van der Waals surface area contributed by atoms with Gasteiger partial charge in [0, 0.05) is 12.6 Å². The fraction of sp³-hybridized carbons (Fsp3) is 0.538. The number of benzene rings is 1. The molecule has 1 fully saturated rings. The van der Waals surface area contributed by atoms with E-state index in [1.165, 1.54) is 18.9 Å². The minimum atomic E-state index is -0.154. The van der Waals surface area contributed by atoms with Crippen molar-refractivity contribution in [1.29, 1.82) is 0 Å². The zero-order valence-electron chi connectivity index (χ0n) is 9.39. The first-order valence-corrected chi connectivity index (χ1v) is 5.58. The van der Waals surface area contributed by atoms with E-state index in [0.717, 1.165) is 12.1 Å². The molecule has 1 aliphatic rings. The topological polar surface area (TPSA) is 12.0 Å². The summed E-state index contributed by atoms with van der Waals surface area (Å²) < 4.78 is 13.0. The lowest BCUT2D eigenvalue weighted by atomic mass is 10.1. The van der Waals surface area contributed by atoms with Crippen LogP contribution in [0.25, 0.3) is 0 Å². The molecule has 1 aromatic rings. The van der Waals surface area contributed by atoms with Gasteiger partial charge < -0.3 is 5.32 Å². The van der Waals surface area contributed by atoms with Crippen LogP contribution >= 0.6 is 0 Å². The minimum absolute atomic E-state index is 0.154. The van der Waals surface area contributed by atoms with E-state index in [4.69, 9.17) is 0 Å². The van der Waals surface area contributed by atoms with E-state index >= 15 is 0 Å². The third-order valence-corrected chi connectivity index (χ3v) is 3.29. The van der Waals surface area contributed by atoms with Crippen LogP contribution in [0.1, 0.15) is 38.3 Å². The summed E-state index contributed by atoms with van der Waals surface area (Å²) in [6.45, 7) is 5.41. The van der Waals surface area contributed by atoms with E-state index < -0.39 is 0 Å². The maximum atomic E-state index is 13.0. The van der Waals surface area contributed by atoms with Crippen LogP contribution in [-0.2, 0) is 0 Å². The number of hydrogen-bond donors (Lipinski definition) is 1. The molecule has 0 aliphatic heterocycles. The predicted octanol–water partition coefficient (Wildman–Crippen LogP) is 3.28. The van der Waals surface area contributed by atoms with Gasteiger partial charge in [-0.05, 0) is 42.9 Å². The molecule has 0 heterocycles. The fourth-order valence-corrected chi connectivity index (χ4v) is 1.68. The van der Waals surface area contributed by atoms with Gasteiger partial charge in [0.25, 0.3) is 0 Å². The van der Waals surface area contributed by atoms with Crippen LogP contribution in [0.5, 0.6) is 0 Å². The van der Waals surface area contributed by atoms with Crippen molar-refractivity contribution in [3.63, 3.8) is 0 Å². The van der Waals surface area contributed by atoms with Crippen molar-refractivity contribution in [2.75, 3.05) is 6.54 Å². The van der Waals surface area contributed by atoms with Crippen molar-refractivity contribution in [1.82, 2.24) is 5.32 Å². The highest BCUT2D eigenvalue weighted by atomic mass is 19.1. The summed E-state index contributed by atoms with van der Waals surface area (Å²) in [6.07, 6.45) is 2.63. The van der Waals surface area contributed by atoms with Gasteiger partial charge in [-0.3, -0.25) is 0 Å². The molecule has 2 heteroatoms. The third kappa shape index (κ3) is 2.78. The monoisotopic (exact) mass is 207 g/mol. The summed E-state index contributed by atoms with van der Waals surface area (Å²) >= 11 is 0. The highest BCUT2D eigenvalue weighted by molar-refractivity contribution is 5.19. The quantitative estimate of drug-likeness (QED) is 0.799. The second-order valence-electron chi connectivity index (χ2n) is 4.97. The fourth-order valence-electron chi connectivity index (χ4n) is 1.68. The predicted molar refractivity (Wildman–Crippen MR) is 60.2 cm³/mol. The molecule has 1 atom stereocenters. The second kappa shape index (κ2) is 3.93. The van der Waals surface area contributed by atoms with Gasteiger partial charge in [0.05, 0.1) is 0 Å². The van der Waals surface area contributed by atoms with E-state index in [2.05, 4.69) is 19.2 Å². The number of nitrogens with one attached hydrogen (secondary N) is 1. The Hall–Kier alpha value is -0.890. The lowest BCUT2D eigenvalue weighted by Crippen LogP contribution is -2.25. The van der Waals surface area contributed by atoms with E-state index in [1.807, 2.05) is 6.07 Å². The van der Waals surface area contributed by atoms with Gasteiger partial charge in [0.2, 0.25) is 0 Å². The first-order valence-electron chi connectivity index (χ1n) is 5.58. The molecule has 0 spiro atoms. The lowest BCUT2D eigenvalue weighted by molar-refractivity contribution is 0.456. The summed E-state index contributed by atoms with van der Waals surface area (Å²) in [5.74, 6) is -0.154. The van der Waals surface area contributed by atoms with Crippen LogP contribution in [0.15, 0.2) is 24.3 Å². The summed E-state index contributed by atoms with van der Waals surface area (Å²) in [4.78, 5) is 0. The van der Waals surface area contributed by atoms with Gasteiger partial charge in [-0.25, -0.2) is 4.39 Å². The van der Waals surface area contributed by atoms with Gasteiger partial charge in [-0.2, -0.15) is 0 Å². The standard InChI is InChI=1S/C13H18FN/c1-10(15-9-13(2)6-7-13)11-4-3-5-12(14)8-11/h3-5,8,10,15H,6-7,9H2,1-2H3. The molecule has 1 saturated carbocycles. The van der Waals surface area contributed by atoms with Gasteiger partial charge in [-0.1, -0.05) is 19.1 Å². The minimum Gasteiger partial charge on any atom is -0.310 e. The van der Waals surface area contributed by atoms with Crippen LogP contribution in [0.4, 0.5) is 4.39 Å². The van der Waals surface area contributed by atoms with E-state index in [-0.39, 0.29) is 11.9 Å². The Kier molecular flexibility index (Phi) is 2.79. The Bertz CT molecular complexity index is 344. The number of hydrogen-bond acceptors (Lipinski definition) is 1. The molecule has 15 heavy (non-hydrogen) atoms. The van der Waals surface area contributed by atoms with Gasteiger partial charge in [-0.15, -0.1) is 0 Å². The zero-order valence-corrected chi connectivity index (χ0v) is 9.39. The molecule has 0 bridgehead atoms. The Morgan fingerprint density at radius 1 is 1.47 bits per heavy atom. The highest BCUT2D eigenvalue weighted by Gasteiger charge is 2.36. The molecule has 1 aromatic carbocycles. The van der Waals surface area contributed by atoms with Crippen molar-refractivity contribution in [3.8, 4) is 0 Å². The Morgan fingerprint density at radius 2 is 2.20 bits per heavy atom. The van der Waals surface area contributed by atoms with Crippen LogP contribution in [-0.4, -0.2) is 6.54 Å². The average molecular weight is 207 g/mol. The smallest absolute Gasteiger partial charge is 0.123 e. The van der Waals surface area contributed by atoms with Crippen molar-refractivity contribution in [3.05, 3.63) is 35.6 Å². The van der Waals surface area contributed by atoms with Crippen molar-refractivity contribution in [2.24, 2.45) is 5.41 Å². The maximum absolute atomic E-state index is 13.0. The summed E-state index contributed by atoms with van der Waals surface area (Å²) in [5.41, 5.74) is 1.53. The zero-order chi connectivity index (χ0) is 10.9. The molecule has 0 saturated heterocycles. The molecule has 1 nitrogen and oxygen atoms in total. The molecular formula is C13H18FN. The van der Waals surface area contributed by atoms with Crippen LogP contribution in [0.3, 0.4) is 0 Å². The molecule has 0 amide bonds. The van der Waals surface area contributed by atoms with Crippen LogP contribution in [0, 0.1) is 11.2 Å².